The third kappa shape index (κ3) is 3.28. The van der Waals surface area contributed by atoms with Crippen LogP contribution in [0.1, 0.15) is 25.3 Å². The van der Waals surface area contributed by atoms with Crippen molar-refractivity contribution in [3.8, 4) is 0 Å². The molecule has 1 aromatic heterocycles. The SMILES string of the molecule is CC(NCCc1ccc2[nH]ccc2c1)C1(O)CCOCC1. The fourth-order valence-electron chi connectivity index (χ4n) is 3.04. The molecule has 1 atom stereocenters. The lowest BCUT2D eigenvalue weighted by Gasteiger charge is -2.37. The third-order valence-electron chi connectivity index (χ3n) is 4.65. The highest BCUT2D eigenvalue weighted by molar-refractivity contribution is 5.79. The lowest BCUT2D eigenvalue weighted by atomic mass is 9.87. The lowest BCUT2D eigenvalue weighted by molar-refractivity contribution is -0.0815. The molecule has 0 saturated carbocycles. The van der Waals surface area contributed by atoms with Gasteiger partial charge in [0.15, 0.2) is 0 Å². The molecule has 2 heterocycles. The van der Waals surface area contributed by atoms with Crippen molar-refractivity contribution in [1.29, 1.82) is 0 Å². The van der Waals surface area contributed by atoms with Crippen LogP contribution >= 0.6 is 0 Å². The second-order valence-corrected chi connectivity index (χ2v) is 6.04. The molecule has 1 saturated heterocycles. The number of aromatic nitrogens is 1. The van der Waals surface area contributed by atoms with E-state index in [2.05, 4.69) is 41.5 Å². The van der Waals surface area contributed by atoms with Crippen LogP contribution in [0.2, 0.25) is 0 Å². The molecule has 1 aliphatic rings. The molecular weight excluding hydrogens is 264 g/mol. The summed E-state index contributed by atoms with van der Waals surface area (Å²) in [4.78, 5) is 3.21. The van der Waals surface area contributed by atoms with E-state index in [4.69, 9.17) is 4.74 Å². The van der Waals surface area contributed by atoms with E-state index < -0.39 is 5.60 Å². The minimum atomic E-state index is -0.622. The van der Waals surface area contributed by atoms with E-state index in [1.54, 1.807) is 0 Å². The summed E-state index contributed by atoms with van der Waals surface area (Å²) in [5.74, 6) is 0. The van der Waals surface area contributed by atoms with E-state index in [0.717, 1.165) is 25.8 Å². The first kappa shape index (κ1) is 14.6. The highest BCUT2D eigenvalue weighted by atomic mass is 16.5. The molecule has 114 valence electrons. The molecule has 1 fully saturated rings. The van der Waals surface area contributed by atoms with Crippen LogP contribution < -0.4 is 5.32 Å². The van der Waals surface area contributed by atoms with Crippen molar-refractivity contribution >= 4 is 10.9 Å². The molecule has 1 aliphatic heterocycles. The highest BCUT2D eigenvalue weighted by Gasteiger charge is 2.35. The number of aromatic amines is 1. The minimum absolute atomic E-state index is 0.0948. The van der Waals surface area contributed by atoms with Gasteiger partial charge in [0.25, 0.3) is 0 Å². The average molecular weight is 288 g/mol. The van der Waals surface area contributed by atoms with Crippen LogP contribution in [0.3, 0.4) is 0 Å². The van der Waals surface area contributed by atoms with Crippen LogP contribution in [0.4, 0.5) is 0 Å². The molecule has 2 aromatic rings. The highest BCUT2D eigenvalue weighted by Crippen LogP contribution is 2.24. The molecule has 0 aliphatic carbocycles. The molecule has 3 N–H and O–H groups in total. The second-order valence-electron chi connectivity index (χ2n) is 6.04. The van der Waals surface area contributed by atoms with Crippen LogP contribution in [0.15, 0.2) is 30.5 Å². The van der Waals surface area contributed by atoms with Gasteiger partial charge >= 0.3 is 0 Å². The predicted octanol–water partition coefficient (Wildman–Crippen LogP) is 2.23. The molecule has 4 nitrogen and oxygen atoms in total. The van der Waals surface area contributed by atoms with Gasteiger partial charge < -0.3 is 20.1 Å². The van der Waals surface area contributed by atoms with Gasteiger partial charge in [0.05, 0.1) is 5.60 Å². The topological polar surface area (TPSA) is 57.3 Å². The Kier molecular flexibility index (Phi) is 4.29. The first-order chi connectivity index (χ1) is 10.2. The van der Waals surface area contributed by atoms with Crippen LogP contribution in [0.25, 0.3) is 10.9 Å². The summed E-state index contributed by atoms with van der Waals surface area (Å²) in [6, 6.07) is 8.70. The Balaban J connectivity index is 1.53. The summed E-state index contributed by atoms with van der Waals surface area (Å²) >= 11 is 0. The van der Waals surface area contributed by atoms with Crippen molar-refractivity contribution in [3.05, 3.63) is 36.0 Å². The summed E-state index contributed by atoms with van der Waals surface area (Å²) in [6.07, 6.45) is 4.38. The molecule has 1 aromatic carbocycles. The first-order valence-electron chi connectivity index (χ1n) is 7.77. The van der Waals surface area contributed by atoms with Gasteiger partial charge in [-0.25, -0.2) is 0 Å². The number of benzene rings is 1. The van der Waals surface area contributed by atoms with Crippen LogP contribution in [0.5, 0.6) is 0 Å². The predicted molar refractivity (Wildman–Crippen MR) is 84.5 cm³/mol. The van der Waals surface area contributed by atoms with E-state index >= 15 is 0 Å². The van der Waals surface area contributed by atoms with E-state index in [9.17, 15) is 5.11 Å². The first-order valence-corrected chi connectivity index (χ1v) is 7.77. The van der Waals surface area contributed by atoms with Crippen molar-refractivity contribution in [3.63, 3.8) is 0 Å². The minimum Gasteiger partial charge on any atom is -0.388 e. The van der Waals surface area contributed by atoms with Gasteiger partial charge in [-0.1, -0.05) is 6.07 Å². The van der Waals surface area contributed by atoms with Crippen molar-refractivity contribution in [1.82, 2.24) is 10.3 Å². The fourth-order valence-corrected chi connectivity index (χ4v) is 3.04. The van der Waals surface area contributed by atoms with Gasteiger partial charge in [-0.15, -0.1) is 0 Å². The maximum absolute atomic E-state index is 10.6. The van der Waals surface area contributed by atoms with E-state index in [1.165, 1.54) is 16.5 Å². The zero-order valence-corrected chi connectivity index (χ0v) is 12.6. The van der Waals surface area contributed by atoms with Gasteiger partial charge in [-0.2, -0.15) is 0 Å². The quantitative estimate of drug-likeness (QED) is 0.791. The normalized spacial score (nSPS) is 19.7. The summed E-state index contributed by atoms with van der Waals surface area (Å²) in [7, 11) is 0. The maximum Gasteiger partial charge on any atom is 0.0841 e. The number of nitrogens with one attached hydrogen (secondary N) is 2. The van der Waals surface area contributed by atoms with Gasteiger partial charge in [0, 0.05) is 43.8 Å². The molecule has 0 spiro atoms. The Labute approximate surface area is 125 Å². The smallest absolute Gasteiger partial charge is 0.0841 e. The molecule has 0 radical (unpaired) electrons. The van der Waals surface area contributed by atoms with Gasteiger partial charge in [0.1, 0.15) is 0 Å². The summed E-state index contributed by atoms with van der Waals surface area (Å²) < 4.78 is 5.33. The number of aliphatic hydroxyl groups is 1. The van der Waals surface area contributed by atoms with E-state index in [-0.39, 0.29) is 6.04 Å². The molecule has 0 bridgehead atoms. The second kappa shape index (κ2) is 6.18. The number of H-pyrrole nitrogens is 1. The monoisotopic (exact) mass is 288 g/mol. The lowest BCUT2D eigenvalue weighted by Crippen LogP contribution is -2.52. The average Bonchev–Trinajstić information content (AvgIpc) is 2.95. The molecule has 21 heavy (non-hydrogen) atoms. The van der Waals surface area contributed by atoms with Gasteiger partial charge in [-0.05, 0) is 49.0 Å². The zero-order chi connectivity index (χ0) is 14.7. The molecule has 3 rings (SSSR count). The number of fused-ring (bicyclic) bond motifs is 1. The summed E-state index contributed by atoms with van der Waals surface area (Å²) in [5, 5.41) is 15.3. The molecule has 0 amide bonds. The largest absolute Gasteiger partial charge is 0.388 e. The Morgan fingerprint density at radius 1 is 1.33 bits per heavy atom. The standard InChI is InChI=1S/C17H24N2O2/c1-13(17(20)6-10-21-11-7-17)18-8-4-14-2-3-16-15(12-14)5-9-19-16/h2-3,5,9,12-13,18-20H,4,6-8,10-11H2,1H3. The Bertz CT molecular complexity index is 587. The Morgan fingerprint density at radius 3 is 2.95 bits per heavy atom. The van der Waals surface area contributed by atoms with E-state index in [0.29, 0.717) is 13.2 Å². The fraction of sp³-hybridized carbons (Fsp3) is 0.529. The third-order valence-corrected chi connectivity index (χ3v) is 4.65. The van der Waals surface area contributed by atoms with Crippen molar-refractivity contribution < 1.29 is 9.84 Å². The maximum atomic E-state index is 10.6. The number of rotatable bonds is 5. The van der Waals surface area contributed by atoms with Crippen molar-refractivity contribution in [2.45, 2.75) is 37.8 Å². The Morgan fingerprint density at radius 2 is 2.14 bits per heavy atom. The van der Waals surface area contributed by atoms with Crippen molar-refractivity contribution in [2.24, 2.45) is 0 Å². The molecule has 4 heteroatoms. The van der Waals surface area contributed by atoms with E-state index in [1.807, 2.05) is 6.20 Å². The van der Waals surface area contributed by atoms with Crippen LogP contribution in [-0.4, -0.2) is 41.5 Å². The number of hydrogen-bond acceptors (Lipinski definition) is 3. The summed E-state index contributed by atoms with van der Waals surface area (Å²) in [5.41, 5.74) is 1.88. The molecule has 1 unspecified atom stereocenters. The number of ether oxygens (including phenoxy) is 1. The summed E-state index contributed by atoms with van der Waals surface area (Å²) in [6.45, 7) is 4.26. The van der Waals surface area contributed by atoms with Crippen LogP contribution in [0, 0.1) is 0 Å². The zero-order valence-electron chi connectivity index (χ0n) is 12.6. The van der Waals surface area contributed by atoms with Crippen molar-refractivity contribution in [2.75, 3.05) is 19.8 Å². The molecular formula is C17H24N2O2. The Hall–Kier alpha value is -1.36. The van der Waals surface area contributed by atoms with Crippen LogP contribution in [-0.2, 0) is 11.2 Å². The number of hydrogen-bond donors (Lipinski definition) is 3. The van der Waals surface area contributed by atoms with Gasteiger partial charge in [0.2, 0.25) is 0 Å². The van der Waals surface area contributed by atoms with Gasteiger partial charge in [-0.3, -0.25) is 0 Å².